The van der Waals surface area contributed by atoms with Gasteiger partial charge in [0.25, 0.3) is 0 Å². The topological polar surface area (TPSA) is 46.5 Å². The molecule has 2 saturated carbocycles. The molecule has 0 spiro atoms. The molecule has 0 aliphatic heterocycles. The van der Waals surface area contributed by atoms with Crippen LogP contribution in [0.15, 0.2) is 35.5 Å². The van der Waals surface area contributed by atoms with E-state index in [4.69, 9.17) is 4.74 Å². The number of fused-ring (bicyclic) bond motifs is 5. The molecule has 0 amide bonds. The van der Waals surface area contributed by atoms with Gasteiger partial charge in [-0.1, -0.05) is 56.2 Å². The number of esters is 1. The Kier molecular flexibility index (Phi) is 6.05. The van der Waals surface area contributed by atoms with Crippen LogP contribution in [-0.2, 0) is 9.53 Å². The van der Waals surface area contributed by atoms with Crippen LogP contribution in [0.3, 0.4) is 0 Å². The highest BCUT2D eigenvalue weighted by atomic mass is 16.5. The Morgan fingerprint density at radius 3 is 2.80 bits per heavy atom. The van der Waals surface area contributed by atoms with E-state index in [1.165, 1.54) is 31.3 Å². The predicted molar refractivity (Wildman–Crippen MR) is 121 cm³/mol. The zero-order valence-corrected chi connectivity index (χ0v) is 19.3. The molecule has 0 aromatic carbocycles. The Labute approximate surface area is 182 Å². The van der Waals surface area contributed by atoms with Crippen LogP contribution >= 0.6 is 0 Å². The standard InChI is InChI=1S/C27H40O3/c1-5-30-25(29)8-6-7-18(2)22-11-12-23-21-10-9-19-17-20(28)13-15-26(19,3)24(21)14-16-27(22,23)4/h9-10,13,15,18,20,22-24,28H,5-8,11-12,14,16-17H2,1-4H3/t18-,20+,22-,23+,24+,26+,27-/m1/s1. The largest absolute Gasteiger partial charge is 0.466 e. The van der Waals surface area contributed by atoms with Crippen LogP contribution < -0.4 is 0 Å². The van der Waals surface area contributed by atoms with Gasteiger partial charge in [-0.15, -0.1) is 0 Å². The van der Waals surface area contributed by atoms with E-state index in [-0.39, 0.29) is 17.5 Å². The summed E-state index contributed by atoms with van der Waals surface area (Å²) in [5.41, 5.74) is 3.56. The van der Waals surface area contributed by atoms with E-state index in [0.717, 1.165) is 25.2 Å². The van der Waals surface area contributed by atoms with Crippen molar-refractivity contribution in [2.75, 3.05) is 6.61 Å². The molecule has 4 rings (SSSR count). The number of ether oxygens (including phenoxy) is 1. The number of hydrogen-bond acceptors (Lipinski definition) is 3. The molecule has 0 unspecified atom stereocenters. The molecule has 7 atom stereocenters. The smallest absolute Gasteiger partial charge is 0.305 e. The molecule has 4 aliphatic rings. The summed E-state index contributed by atoms with van der Waals surface area (Å²) < 4.78 is 5.10. The molecular weight excluding hydrogens is 372 g/mol. The minimum absolute atomic E-state index is 0.0467. The number of aliphatic hydroxyl groups is 1. The third-order valence-electron chi connectivity index (χ3n) is 9.20. The number of aliphatic hydroxyl groups excluding tert-OH is 1. The summed E-state index contributed by atoms with van der Waals surface area (Å²) in [4.78, 5) is 11.7. The monoisotopic (exact) mass is 412 g/mol. The minimum Gasteiger partial charge on any atom is -0.466 e. The summed E-state index contributed by atoms with van der Waals surface area (Å²) in [7, 11) is 0. The number of rotatable bonds is 6. The van der Waals surface area contributed by atoms with Crippen molar-refractivity contribution >= 4 is 5.97 Å². The fourth-order valence-corrected chi connectivity index (χ4v) is 7.57. The lowest BCUT2D eigenvalue weighted by Crippen LogP contribution is -2.45. The van der Waals surface area contributed by atoms with Crippen molar-refractivity contribution in [3.63, 3.8) is 0 Å². The first-order valence-corrected chi connectivity index (χ1v) is 12.2. The van der Waals surface area contributed by atoms with Crippen LogP contribution in [0.1, 0.15) is 79.1 Å². The Bertz CT molecular complexity index is 762. The van der Waals surface area contributed by atoms with E-state index in [9.17, 15) is 9.90 Å². The fourth-order valence-electron chi connectivity index (χ4n) is 7.57. The quantitative estimate of drug-likeness (QED) is 0.430. The van der Waals surface area contributed by atoms with Crippen molar-refractivity contribution in [3.05, 3.63) is 35.5 Å². The van der Waals surface area contributed by atoms with Crippen LogP contribution in [0, 0.1) is 34.5 Å². The summed E-state index contributed by atoms with van der Waals surface area (Å²) in [5, 5.41) is 10.1. The lowest BCUT2D eigenvalue weighted by atomic mass is 9.51. The van der Waals surface area contributed by atoms with E-state index in [2.05, 4.69) is 39.0 Å². The Hall–Kier alpha value is -1.35. The highest BCUT2D eigenvalue weighted by Crippen LogP contribution is 2.65. The van der Waals surface area contributed by atoms with Gasteiger partial charge in [0.15, 0.2) is 0 Å². The van der Waals surface area contributed by atoms with Gasteiger partial charge in [-0.25, -0.2) is 0 Å². The summed E-state index contributed by atoms with van der Waals surface area (Å²) >= 11 is 0. The first kappa shape index (κ1) is 21.9. The van der Waals surface area contributed by atoms with E-state index in [0.29, 0.717) is 36.2 Å². The van der Waals surface area contributed by atoms with Crippen LogP contribution in [0.4, 0.5) is 0 Å². The number of allylic oxidation sites excluding steroid dienone is 4. The van der Waals surface area contributed by atoms with Crippen LogP contribution in [0.5, 0.6) is 0 Å². The molecule has 0 bridgehead atoms. The average molecular weight is 413 g/mol. The maximum atomic E-state index is 11.7. The first-order valence-electron chi connectivity index (χ1n) is 12.2. The molecule has 0 radical (unpaired) electrons. The normalized spacial score (nSPS) is 40.6. The van der Waals surface area contributed by atoms with Crippen molar-refractivity contribution in [3.8, 4) is 0 Å². The average Bonchev–Trinajstić information content (AvgIpc) is 3.06. The van der Waals surface area contributed by atoms with Gasteiger partial charge in [0, 0.05) is 11.8 Å². The maximum Gasteiger partial charge on any atom is 0.305 e. The first-order chi connectivity index (χ1) is 14.3. The second-order valence-corrected chi connectivity index (χ2v) is 10.8. The molecule has 166 valence electrons. The van der Waals surface area contributed by atoms with Gasteiger partial charge in [-0.2, -0.15) is 0 Å². The van der Waals surface area contributed by atoms with E-state index >= 15 is 0 Å². The summed E-state index contributed by atoms with van der Waals surface area (Å²) in [6, 6.07) is 0. The zero-order chi connectivity index (χ0) is 21.5. The lowest BCUT2D eigenvalue weighted by molar-refractivity contribution is -0.143. The van der Waals surface area contributed by atoms with Crippen LogP contribution in [-0.4, -0.2) is 23.8 Å². The van der Waals surface area contributed by atoms with Crippen molar-refractivity contribution < 1.29 is 14.6 Å². The van der Waals surface area contributed by atoms with Crippen LogP contribution in [0.2, 0.25) is 0 Å². The predicted octanol–water partition coefficient (Wildman–Crippen LogP) is 5.99. The van der Waals surface area contributed by atoms with Gasteiger partial charge in [-0.3, -0.25) is 4.79 Å². The summed E-state index contributed by atoms with van der Waals surface area (Å²) in [5.74, 6) is 2.63. The van der Waals surface area contributed by atoms with Gasteiger partial charge in [0.05, 0.1) is 12.7 Å². The summed E-state index contributed by atoms with van der Waals surface area (Å²) in [6.07, 6.45) is 17.3. The van der Waals surface area contributed by atoms with Gasteiger partial charge >= 0.3 is 5.97 Å². The number of carbonyl (C=O) groups is 1. The molecule has 3 heteroatoms. The molecule has 3 nitrogen and oxygen atoms in total. The van der Waals surface area contributed by atoms with Gasteiger partial charge in [0.1, 0.15) is 0 Å². The van der Waals surface area contributed by atoms with E-state index in [1.54, 1.807) is 5.57 Å². The molecule has 30 heavy (non-hydrogen) atoms. The second kappa shape index (κ2) is 8.30. The molecule has 4 aliphatic carbocycles. The zero-order valence-electron chi connectivity index (χ0n) is 19.3. The van der Waals surface area contributed by atoms with Crippen molar-refractivity contribution in [2.24, 2.45) is 34.5 Å². The second-order valence-electron chi connectivity index (χ2n) is 10.8. The maximum absolute atomic E-state index is 11.7. The number of carbonyl (C=O) groups excluding carboxylic acids is 1. The molecule has 0 heterocycles. The molecule has 2 fully saturated rings. The van der Waals surface area contributed by atoms with Crippen LogP contribution in [0.25, 0.3) is 0 Å². The van der Waals surface area contributed by atoms with E-state index in [1.807, 2.05) is 13.0 Å². The van der Waals surface area contributed by atoms with Gasteiger partial charge in [-0.05, 0) is 81.0 Å². The molecule has 0 aromatic heterocycles. The molecule has 0 aromatic rings. The molecular formula is C27H40O3. The minimum atomic E-state index is -0.320. The third-order valence-corrected chi connectivity index (χ3v) is 9.20. The van der Waals surface area contributed by atoms with Gasteiger partial charge < -0.3 is 9.84 Å². The Balaban J connectivity index is 1.47. The van der Waals surface area contributed by atoms with Crippen molar-refractivity contribution in [1.82, 2.24) is 0 Å². The molecule has 1 N–H and O–H groups in total. The van der Waals surface area contributed by atoms with Crippen molar-refractivity contribution in [2.45, 2.75) is 85.2 Å². The highest BCUT2D eigenvalue weighted by Gasteiger charge is 2.56. The SMILES string of the molecule is CCOC(=O)CCC[C@@H](C)[C@H]1CC[C@H]2C3=CC=C4C[C@@H](O)C=C[C@]4(C)[C@H]3CC[C@]12C. The third kappa shape index (κ3) is 3.61. The Morgan fingerprint density at radius 1 is 1.23 bits per heavy atom. The van der Waals surface area contributed by atoms with Gasteiger partial charge in [0.2, 0.25) is 0 Å². The fraction of sp³-hybridized carbons (Fsp3) is 0.741. The molecule has 0 saturated heterocycles. The van der Waals surface area contributed by atoms with Crippen molar-refractivity contribution in [1.29, 1.82) is 0 Å². The number of hydrogen-bond donors (Lipinski definition) is 1. The summed E-state index contributed by atoms with van der Waals surface area (Å²) in [6.45, 7) is 9.72. The lowest BCUT2D eigenvalue weighted by Gasteiger charge is -2.53. The Morgan fingerprint density at radius 2 is 2.03 bits per heavy atom. The highest BCUT2D eigenvalue weighted by molar-refractivity contribution is 5.69. The van der Waals surface area contributed by atoms with E-state index < -0.39 is 0 Å².